The number of benzene rings is 1. The van der Waals surface area contributed by atoms with Gasteiger partial charge in [0.25, 0.3) is 0 Å². The third kappa shape index (κ3) is 3.34. The van der Waals surface area contributed by atoms with Crippen LogP contribution in [0.2, 0.25) is 0 Å². The summed E-state index contributed by atoms with van der Waals surface area (Å²) in [7, 11) is 1.24. The highest BCUT2D eigenvalue weighted by atomic mass is 19.1. The number of halogens is 1. The number of esters is 1. The third-order valence-electron chi connectivity index (χ3n) is 2.08. The van der Waals surface area contributed by atoms with E-state index in [-0.39, 0.29) is 22.9 Å². The van der Waals surface area contributed by atoms with E-state index >= 15 is 0 Å². The highest BCUT2D eigenvalue weighted by molar-refractivity contribution is 5.95. The molecule has 0 aliphatic heterocycles. The molecule has 1 aromatic carbocycles. The Kier molecular flexibility index (Phi) is 4.31. The molecule has 2 N–H and O–H groups in total. The van der Waals surface area contributed by atoms with E-state index in [1.165, 1.54) is 13.2 Å². The minimum atomic E-state index is -0.614. The lowest BCUT2D eigenvalue weighted by Crippen LogP contribution is -2.10. The first-order chi connectivity index (χ1) is 7.95. The molecule has 94 valence electrons. The van der Waals surface area contributed by atoms with Crippen molar-refractivity contribution in [3.63, 3.8) is 0 Å². The van der Waals surface area contributed by atoms with Crippen LogP contribution in [0.1, 0.15) is 24.2 Å². The van der Waals surface area contributed by atoms with Crippen LogP contribution in [0.25, 0.3) is 0 Å². The Bertz CT molecular complexity index is 418. The second-order valence-corrected chi connectivity index (χ2v) is 4.07. The van der Waals surface area contributed by atoms with Crippen LogP contribution in [0.3, 0.4) is 0 Å². The standard InChI is InChI=1S/C12H16FNO3/c1-7(2)6-17-11-4-8(12(15)16-3)10(14)5-9(11)13/h4-5,7H,6,14H2,1-3H3. The van der Waals surface area contributed by atoms with E-state index in [4.69, 9.17) is 10.5 Å². The molecule has 4 nitrogen and oxygen atoms in total. The number of ether oxygens (including phenoxy) is 2. The topological polar surface area (TPSA) is 61.5 Å². The average molecular weight is 241 g/mol. The number of carbonyl (C=O) groups excluding carboxylic acids is 1. The van der Waals surface area contributed by atoms with Gasteiger partial charge >= 0.3 is 5.97 Å². The molecule has 1 rings (SSSR count). The summed E-state index contributed by atoms with van der Waals surface area (Å²) in [5.74, 6) is -0.936. The lowest BCUT2D eigenvalue weighted by molar-refractivity contribution is 0.0601. The molecule has 0 saturated heterocycles. The van der Waals surface area contributed by atoms with E-state index in [0.717, 1.165) is 6.07 Å². The zero-order valence-electron chi connectivity index (χ0n) is 10.1. The van der Waals surface area contributed by atoms with Gasteiger partial charge in [-0.05, 0) is 12.0 Å². The van der Waals surface area contributed by atoms with Gasteiger partial charge in [-0.3, -0.25) is 0 Å². The predicted octanol–water partition coefficient (Wildman–Crippen LogP) is 2.23. The van der Waals surface area contributed by atoms with Gasteiger partial charge in [-0.1, -0.05) is 13.8 Å². The molecule has 5 heteroatoms. The van der Waals surface area contributed by atoms with E-state index in [9.17, 15) is 9.18 Å². The first-order valence-corrected chi connectivity index (χ1v) is 5.25. The molecule has 1 aromatic rings. The van der Waals surface area contributed by atoms with Crippen LogP contribution in [0.15, 0.2) is 12.1 Å². The van der Waals surface area contributed by atoms with Gasteiger partial charge in [0.2, 0.25) is 0 Å². The SMILES string of the molecule is COC(=O)c1cc(OCC(C)C)c(F)cc1N. The van der Waals surface area contributed by atoms with Crippen molar-refractivity contribution in [2.24, 2.45) is 5.92 Å². The molecule has 0 bridgehead atoms. The maximum Gasteiger partial charge on any atom is 0.340 e. The Morgan fingerprint density at radius 2 is 2.12 bits per heavy atom. The van der Waals surface area contributed by atoms with E-state index in [2.05, 4.69) is 4.74 Å². The molecule has 0 atom stereocenters. The average Bonchev–Trinajstić information content (AvgIpc) is 2.26. The summed E-state index contributed by atoms with van der Waals surface area (Å²) < 4.78 is 23.3. The van der Waals surface area contributed by atoms with E-state index in [1.807, 2.05) is 13.8 Å². The van der Waals surface area contributed by atoms with Crippen LogP contribution in [-0.4, -0.2) is 19.7 Å². The van der Waals surface area contributed by atoms with Gasteiger partial charge in [-0.25, -0.2) is 9.18 Å². The van der Waals surface area contributed by atoms with Crippen molar-refractivity contribution in [3.8, 4) is 5.75 Å². The van der Waals surface area contributed by atoms with Gasteiger partial charge in [0.05, 0.1) is 19.3 Å². The molecule has 0 aliphatic rings. The summed E-state index contributed by atoms with van der Waals surface area (Å²) in [4.78, 5) is 11.4. The molecule has 0 aromatic heterocycles. The summed E-state index contributed by atoms with van der Waals surface area (Å²) in [5, 5.41) is 0. The van der Waals surface area contributed by atoms with Gasteiger partial charge in [0.15, 0.2) is 11.6 Å². The quantitative estimate of drug-likeness (QED) is 0.648. The summed E-state index contributed by atoms with van der Waals surface area (Å²) in [6, 6.07) is 2.32. The summed E-state index contributed by atoms with van der Waals surface area (Å²) >= 11 is 0. The van der Waals surface area contributed by atoms with Crippen molar-refractivity contribution < 1.29 is 18.7 Å². The normalized spacial score (nSPS) is 10.4. The summed E-state index contributed by atoms with van der Waals surface area (Å²) in [5.41, 5.74) is 5.66. The van der Waals surface area contributed by atoms with Gasteiger partial charge in [-0.2, -0.15) is 0 Å². The van der Waals surface area contributed by atoms with E-state index < -0.39 is 11.8 Å². The number of methoxy groups -OCH3 is 1. The number of anilines is 1. The molecule has 0 radical (unpaired) electrons. The monoisotopic (exact) mass is 241 g/mol. The first-order valence-electron chi connectivity index (χ1n) is 5.25. The van der Waals surface area contributed by atoms with Gasteiger partial charge in [0.1, 0.15) is 0 Å². The van der Waals surface area contributed by atoms with Crippen molar-refractivity contribution in [1.82, 2.24) is 0 Å². The number of carbonyl (C=O) groups is 1. The maximum atomic E-state index is 13.5. The van der Waals surface area contributed by atoms with Crippen LogP contribution >= 0.6 is 0 Å². The molecule has 0 spiro atoms. The van der Waals surface area contributed by atoms with Crippen molar-refractivity contribution in [2.45, 2.75) is 13.8 Å². The van der Waals surface area contributed by atoms with Gasteiger partial charge in [-0.15, -0.1) is 0 Å². The smallest absolute Gasteiger partial charge is 0.340 e. The molecule has 17 heavy (non-hydrogen) atoms. The molecule has 0 aliphatic carbocycles. The van der Waals surface area contributed by atoms with E-state index in [1.54, 1.807) is 0 Å². The van der Waals surface area contributed by atoms with Crippen LogP contribution in [0.5, 0.6) is 5.75 Å². The molecule has 0 heterocycles. The molecule has 0 amide bonds. The molecule has 0 unspecified atom stereocenters. The fraction of sp³-hybridized carbons (Fsp3) is 0.417. The summed E-state index contributed by atoms with van der Waals surface area (Å²) in [6.07, 6.45) is 0. The third-order valence-corrected chi connectivity index (χ3v) is 2.08. The van der Waals surface area contributed by atoms with Crippen molar-refractivity contribution in [1.29, 1.82) is 0 Å². The Balaban J connectivity index is 3.01. The minimum absolute atomic E-state index is 0.00769. The fourth-order valence-electron chi connectivity index (χ4n) is 1.22. The fourth-order valence-corrected chi connectivity index (χ4v) is 1.22. The minimum Gasteiger partial charge on any atom is -0.490 e. The second kappa shape index (κ2) is 5.52. The lowest BCUT2D eigenvalue weighted by Gasteiger charge is -2.12. The van der Waals surface area contributed by atoms with Crippen LogP contribution < -0.4 is 10.5 Å². The number of rotatable bonds is 4. The number of hydrogen-bond acceptors (Lipinski definition) is 4. The highest BCUT2D eigenvalue weighted by Gasteiger charge is 2.15. The predicted molar refractivity (Wildman–Crippen MR) is 62.5 cm³/mol. The van der Waals surface area contributed by atoms with Crippen LogP contribution in [0, 0.1) is 11.7 Å². The summed E-state index contributed by atoms with van der Waals surface area (Å²) in [6.45, 7) is 4.24. The Morgan fingerprint density at radius 1 is 1.47 bits per heavy atom. The van der Waals surface area contributed by atoms with Crippen LogP contribution in [-0.2, 0) is 4.74 Å². The maximum absolute atomic E-state index is 13.5. The highest BCUT2D eigenvalue weighted by Crippen LogP contribution is 2.25. The molecular weight excluding hydrogens is 225 g/mol. The largest absolute Gasteiger partial charge is 0.490 e. The number of hydrogen-bond donors (Lipinski definition) is 1. The van der Waals surface area contributed by atoms with Crippen molar-refractivity contribution in [3.05, 3.63) is 23.5 Å². The molecule has 0 saturated carbocycles. The molecule has 0 fully saturated rings. The van der Waals surface area contributed by atoms with Crippen molar-refractivity contribution in [2.75, 3.05) is 19.5 Å². The zero-order chi connectivity index (χ0) is 13.0. The van der Waals surface area contributed by atoms with Gasteiger partial charge < -0.3 is 15.2 Å². The van der Waals surface area contributed by atoms with E-state index in [0.29, 0.717) is 6.61 Å². The lowest BCUT2D eigenvalue weighted by atomic mass is 10.1. The van der Waals surface area contributed by atoms with Gasteiger partial charge in [0, 0.05) is 11.8 Å². The Labute approximate surface area is 99.5 Å². The Morgan fingerprint density at radius 3 is 2.65 bits per heavy atom. The number of nitrogens with two attached hydrogens (primary N) is 1. The zero-order valence-corrected chi connectivity index (χ0v) is 10.1. The van der Waals surface area contributed by atoms with Crippen molar-refractivity contribution >= 4 is 11.7 Å². The van der Waals surface area contributed by atoms with Crippen LogP contribution in [0.4, 0.5) is 10.1 Å². The molecular formula is C12H16FNO3. The second-order valence-electron chi connectivity index (χ2n) is 4.07. The first kappa shape index (κ1) is 13.3. The Hall–Kier alpha value is -1.78. The number of nitrogen functional groups attached to an aromatic ring is 1.